The molecule has 0 spiro atoms. The van der Waals surface area contributed by atoms with E-state index in [0.717, 1.165) is 0 Å². The van der Waals surface area contributed by atoms with Crippen LogP contribution in [0.4, 0.5) is 0 Å². The number of hydrogen-bond acceptors (Lipinski definition) is 5. The van der Waals surface area contributed by atoms with E-state index < -0.39 is 11.9 Å². The predicted octanol–water partition coefficient (Wildman–Crippen LogP) is -0.0667. The molecule has 0 saturated heterocycles. The number of ether oxygens (including phenoxy) is 3. The minimum absolute atomic E-state index is 0.00926. The molecule has 0 radical (unpaired) electrons. The van der Waals surface area contributed by atoms with Crippen molar-refractivity contribution in [1.82, 2.24) is 0 Å². The highest BCUT2D eigenvalue weighted by atomic mass is 16.7. The van der Waals surface area contributed by atoms with Crippen LogP contribution in [0, 0.1) is 0 Å². The minimum atomic E-state index is -0.601. The first kappa shape index (κ1) is 7.87. The number of esters is 1. The van der Waals surface area contributed by atoms with Crippen LogP contribution in [0.25, 0.3) is 0 Å². The minimum Gasteiger partial charge on any atom is -0.480 e. The third kappa shape index (κ3) is 1.62. The summed E-state index contributed by atoms with van der Waals surface area (Å²) in [7, 11) is 1.40. The molecular weight excluding hydrogens is 152 g/mol. The lowest BCUT2D eigenvalue weighted by molar-refractivity contribution is -0.159. The fourth-order valence-corrected chi connectivity index (χ4v) is 0.665. The van der Waals surface area contributed by atoms with E-state index in [-0.39, 0.29) is 19.0 Å². The van der Waals surface area contributed by atoms with Crippen molar-refractivity contribution in [1.29, 1.82) is 0 Å². The monoisotopic (exact) mass is 160 g/mol. The van der Waals surface area contributed by atoms with Crippen LogP contribution >= 0.6 is 0 Å². The van der Waals surface area contributed by atoms with Gasteiger partial charge in [0.15, 0.2) is 0 Å². The molecule has 0 aliphatic carbocycles. The zero-order valence-corrected chi connectivity index (χ0v) is 5.99. The largest absolute Gasteiger partial charge is 0.480 e. The molecule has 0 unspecified atom stereocenters. The second-order valence-electron chi connectivity index (χ2n) is 1.91. The molecule has 1 aliphatic rings. The van der Waals surface area contributed by atoms with Gasteiger partial charge in [0.1, 0.15) is 5.57 Å². The Balaban J connectivity index is 2.74. The lowest BCUT2D eigenvalue weighted by Crippen LogP contribution is -2.22. The molecule has 11 heavy (non-hydrogen) atoms. The van der Waals surface area contributed by atoms with Gasteiger partial charge in [0.05, 0.1) is 6.61 Å². The Hall–Kier alpha value is -1.23. The lowest BCUT2D eigenvalue weighted by Gasteiger charge is -2.15. The molecule has 62 valence electrons. The SMILES string of the molecule is COCC1=C(O)OCOC1=O. The highest BCUT2D eigenvalue weighted by Gasteiger charge is 2.22. The van der Waals surface area contributed by atoms with Crippen molar-refractivity contribution >= 4 is 5.97 Å². The molecule has 0 saturated carbocycles. The summed E-state index contributed by atoms with van der Waals surface area (Å²) in [5.41, 5.74) is 0.0127. The molecule has 0 aromatic rings. The molecule has 1 heterocycles. The van der Waals surface area contributed by atoms with E-state index in [4.69, 9.17) is 5.11 Å². The van der Waals surface area contributed by atoms with Crippen LogP contribution < -0.4 is 0 Å². The molecule has 0 bridgehead atoms. The van der Waals surface area contributed by atoms with Gasteiger partial charge in [-0.1, -0.05) is 0 Å². The Labute approximate surface area is 63.2 Å². The zero-order chi connectivity index (χ0) is 8.27. The highest BCUT2D eigenvalue weighted by Crippen LogP contribution is 2.11. The van der Waals surface area contributed by atoms with Crippen molar-refractivity contribution in [2.45, 2.75) is 0 Å². The van der Waals surface area contributed by atoms with Crippen molar-refractivity contribution in [3.05, 3.63) is 11.5 Å². The number of aliphatic hydroxyl groups is 1. The summed E-state index contributed by atoms with van der Waals surface area (Å²) < 4.78 is 13.6. The smallest absolute Gasteiger partial charge is 0.346 e. The van der Waals surface area contributed by atoms with E-state index in [1.54, 1.807) is 0 Å². The summed E-state index contributed by atoms with van der Waals surface area (Å²) in [6.45, 7) is -0.247. The average molecular weight is 160 g/mol. The van der Waals surface area contributed by atoms with Crippen molar-refractivity contribution in [3.8, 4) is 0 Å². The van der Waals surface area contributed by atoms with Crippen LogP contribution in [-0.4, -0.2) is 31.6 Å². The van der Waals surface area contributed by atoms with E-state index in [1.807, 2.05) is 0 Å². The highest BCUT2D eigenvalue weighted by molar-refractivity contribution is 5.89. The van der Waals surface area contributed by atoms with Gasteiger partial charge in [0.2, 0.25) is 6.79 Å². The lowest BCUT2D eigenvalue weighted by atomic mass is 10.3. The molecule has 0 aromatic carbocycles. The van der Waals surface area contributed by atoms with Crippen molar-refractivity contribution < 1.29 is 24.1 Å². The van der Waals surface area contributed by atoms with Crippen LogP contribution in [0.3, 0.4) is 0 Å². The van der Waals surface area contributed by atoms with Gasteiger partial charge in [0.25, 0.3) is 5.95 Å². The maximum atomic E-state index is 10.8. The fourth-order valence-electron chi connectivity index (χ4n) is 0.665. The summed E-state index contributed by atoms with van der Waals surface area (Å²) in [5, 5.41) is 8.95. The fraction of sp³-hybridized carbons (Fsp3) is 0.500. The van der Waals surface area contributed by atoms with Gasteiger partial charge in [0, 0.05) is 7.11 Å². The van der Waals surface area contributed by atoms with Crippen molar-refractivity contribution in [3.63, 3.8) is 0 Å². The van der Waals surface area contributed by atoms with Crippen LogP contribution in [-0.2, 0) is 19.0 Å². The molecule has 0 amide bonds. The van der Waals surface area contributed by atoms with Gasteiger partial charge in [-0.3, -0.25) is 0 Å². The number of carbonyl (C=O) groups excluding carboxylic acids is 1. The quantitative estimate of drug-likeness (QED) is 0.573. The summed E-state index contributed by atoms with van der Waals surface area (Å²) in [6, 6.07) is 0. The van der Waals surface area contributed by atoms with Crippen LogP contribution in [0.15, 0.2) is 11.5 Å². The first-order chi connectivity index (χ1) is 5.25. The van der Waals surface area contributed by atoms with Gasteiger partial charge < -0.3 is 19.3 Å². The van der Waals surface area contributed by atoms with Gasteiger partial charge >= 0.3 is 5.97 Å². The first-order valence-corrected chi connectivity index (χ1v) is 2.96. The van der Waals surface area contributed by atoms with E-state index in [9.17, 15) is 4.79 Å². The summed E-state index contributed by atoms with van der Waals surface area (Å²) in [5.74, 6) is -1.02. The van der Waals surface area contributed by atoms with Gasteiger partial charge in [-0.05, 0) is 0 Å². The zero-order valence-electron chi connectivity index (χ0n) is 5.99. The standard InChI is InChI=1S/C6H8O5/c1-9-2-4-5(7)10-3-11-6(4)8/h7H,2-3H2,1H3. The second kappa shape index (κ2) is 3.25. The van der Waals surface area contributed by atoms with Crippen LogP contribution in [0.1, 0.15) is 0 Å². The van der Waals surface area contributed by atoms with E-state index in [1.165, 1.54) is 7.11 Å². The van der Waals surface area contributed by atoms with Crippen LogP contribution in [0.2, 0.25) is 0 Å². The molecule has 1 aliphatic heterocycles. The Morgan fingerprint density at radius 2 is 2.36 bits per heavy atom. The summed E-state index contributed by atoms with van der Waals surface area (Å²) in [6.07, 6.45) is 0. The number of rotatable bonds is 2. The predicted molar refractivity (Wildman–Crippen MR) is 33.6 cm³/mol. The van der Waals surface area contributed by atoms with E-state index >= 15 is 0 Å². The van der Waals surface area contributed by atoms with Crippen molar-refractivity contribution in [2.24, 2.45) is 0 Å². The number of carbonyl (C=O) groups is 1. The Bertz CT molecular complexity index is 195. The first-order valence-electron chi connectivity index (χ1n) is 2.96. The summed E-state index contributed by atoms with van der Waals surface area (Å²) >= 11 is 0. The number of hydrogen-bond donors (Lipinski definition) is 1. The molecule has 0 atom stereocenters. The maximum Gasteiger partial charge on any atom is 0.346 e. The third-order valence-electron chi connectivity index (χ3n) is 1.18. The molecule has 1 rings (SSSR count). The molecule has 1 N–H and O–H groups in total. The Kier molecular flexibility index (Phi) is 2.32. The summed E-state index contributed by atoms with van der Waals surface area (Å²) in [4.78, 5) is 10.8. The van der Waals surface area contributed by atoms with Crippen LogP contribution in [0.5, 0.6) is 0 Å². The second-order valence-corrected chi connectivity index (χ2v) is 1.91. The maximum absolute atomic E-state index is 10.8. The van der Waals surface area contributed by atoms with Crippen molar-refractivity contribution in [2.75, 3.05) is 20.5 Å². The number of cyclic esters (lactones) is 1. The third-order valence-corrected chi connectivity index (χ3v) is 1.18. The molecule has 5 nitrogen and oxygen atoms in total. The Morgan fingerprint density at radius 3 is 2.91 bits per heavy atom. The van der Waals surface area contributed by atoms with E-state index in [2.05, 4.69) is 14.2 Å². The topological polar surface area (TPSA) is 65.0 Å². The van der Waals surface area contributed by atoms with Gasteiger partial charge in [-0.25, -0.2) is 4.79 Å². The van der Waals surface area contributed by atoms with Gasteiger partial charge in [-0.2, -0.15) is 0 Å². The van der Waals surface area contributed by atoms with Gasteiger partial charge in [-0.15, -0.1) is 0 Å². The number of methoxy groups -OCH3 is 1. The molecular formula is C6H8O5. The average Bonchev–Trinajstić information content (AvgIpc) is 1.97. The molecule has 0 fully saturated rings. The normalized spacial score (nSPS) is 17.7. The van der Waals surface area contributed by atoms with E-state index in [0.29, 0.717) is 0 Å². The molecule has 5 heteroatoms. The molecule has 0 aromatic heterocycles. The number of aliphatic hydroxyl groups excluding tert-OH is 1. The Morgan fingerprint density at radius 1 is 1.64 bits per heavy atom.